The molecule has 4 rings (SSSR count). The molecule has 1 aromatic carbocycles. The summed E-state index contributed by atoms with van der Waals surface area (Å²) in [6.45, 7) is 3.43. The van der Waals surface area contributed by atoms with Gasteiger partial charge in [-0.2, -0.15) is 0 Å². The zero-order valence-corrected chi connectivity index (χ0v) is 16.5. The number of nitrogens with zero attached hydrogens (tertiary/aromatic N) is 3. The Balaban J connectivity index is 1.39. The van der Waals surface area contributed by atoms with Crippen LogP contribution >= 0.6 is 11.8 Å². The number of benzene rings is 1. The van der Waals surface area contributed by atoms with Gasteiger partial charge in [-0.05, 0) is 38.2 Å². The maximum atomic E-state index is 12.6. The summed E-state index contributed by atoms with van der Waals surface area (Å²) in [5, 5.41) is 12.5. The Kier molecular flexibility index (Phi) is 5.04. The molecule has 1 atom stereocenters. The Morgan fingerprint density at radius 3 is 2.48 bits per heavy atom. The molecule has 2 aliphatic rings. The van der Waals surface area contributed by atoms with Gasteiger partial charge in [0.05, 0.1) is 11.8 Å². The van der Waals surface area contributed by atoms with Gasteiger partial charge in [0, 0.05) is 24.4 Å². The lowest BCUT2D eigenvalue weighted by molar-refractivity contribution is -0.119. The van der Waals surface area contributed by atoms with Crippen LogP contribution in [-0.2, 0) is 4.79 Å². The quantitative estimate of drug-likeness (QED) is 0.555. The fourth-order valence-corrected chi connectivity index (χ4v) is 4.15. The summed E-state index contributed by atoms with van der Waals surface area (Å²) in [6.07, 6.45) is 4.79. The Labute approximate surface area is 163 Å². The standard InChI is InChI=1S/C20H24N4O2S/c1-12(21-13(2)25)14-3-5-15(6-4-14)18(26)11-27-20-23-22-19(16-7-8-16)24(20)17-9-10-17/h3-6,12,16-17H,7-11H2,1-2H3,(H,21,25)/t12-/m0/s1. The molecule has 1 heterocycles. The van der Waals surface area contributed by atoms with Crippen LogP contribution in [0.5, 0.6) is 0 Å². The first-order valence-corrected chi connectivity index (χ1v) is 10.5. The van der Waals surface area contributed by atoms with Gasteiger partial charge in [0.25, 0.3) is 0 Å². The van der Waals surface area contributed by atoms with Gasteiger partial charge in [-0.3, -0.25) is 9.59 Å². The number of Topliss-reactive ketones (excluding diaryl/α,β-unsaturated/α-hetero) is 1. The fraction of sp³-hybridized carbons (Fsp3) is 0.500. The van der Waals surface area contributed by atoms with Gasteiger partial charge in [-0.25, -0.2) is 0 Å². The van der Waals surface area contributed by atoms with E-state index in [1.807, 2.05) is 31.2 Å². The third-order valence-electron chi connectivity index (χ3n) is 5.03. The number of amides is 1. The van der Waals surface area contributed by atoms with Crippen molar-refractivity contribution in [2.45, 2.75) is 62.7 Å². The molecule has 0 spiro atoms. The average Bonchev–Trinajstić information content (AvgIpc) is 3.58. The zero-order valence-electron chi connectivity index (χ0n) is 15.6. The van der Waals surface area contributed by atoms with Crippen LogP contribution < -0.4 is 5.32 Å². The van der Waals surface area contributed by atoms with Crippen LogP contribution in [0.3, 0.4) is 0 Å². The first kappa shape index (κ1) is 18.2. The number of hydrogen-bond donors (Lipinski definition) is 1. The third-order valence-corrected chi connectivity index (χ3v) is 5.97. The number of aromatic nitrogens is 3. The lowest BCUT2D eigenvalue weighted by Crippen LogP contribution is -2.23. The second-order valence-corrected chi connectivity index (χ2v) is 8.41. The number of hydrogen-bond acceptors (Lipinski definition) is 5. The lowest BCUT2D eigenvalue weighted by atomic mass is 10.0. The second-order valence-electron chi connectivity index (χ2n) is 7.47. The largest absolute Gasteiger partial charge is 0.350 e. The summed E-state index contributed by atoms with van der Waals surface area (Å²) in [6, 6.07) is 7.92. The summed E-state index contributed by atoms with van der Waals surface area (Å²) in [7, 11) is 0. The highest BCUT2D eigenvalue weighted by atomic mass is 32.2. The molecule has 0 unspecified atom stereocenters. The van der Waals surface area contributed by atoms with Crippen LogP contribution in [0.1, 0.15) is 79.3 Å². The van der Waals surface area contributed by atoms with Crippen molar-refractivity contribution in [3.63, 3.8) is 0 Å². The summed E-state index contributed by atoms with van der Waals surface area (Å²) in [5.74, 6) is 2.06. The summed E-state index contributed by atoms with van der Waals surface area (Å²) in [4.78, 5) is 23.7. The van der Waals surface area contributed by atoms with E-state index in [4.69, 9.17) is 0 Å². The number of ketones is 1. The highest BCUT2D eigenvalue weighted by Crippen LogP contribution is 2.46. The van der Waals surface area contributed by atoms with Crippen LogP contribution in [0, 0.1) is 0 Å². The van der Waals surface area contributed by atoms with Crippen molar-refractivity contribution in [2.24, 2.45) is 0 Å². The van der Waals surface area contributed by atoms with E-state index in [2.05, 4.69) is 20.1 Å². The minimum absolute atomic E-state index is 0.0654. The van der Waals surface area contributed by atoms with Crippen LogP contribution in [0.25, 0.3) is 0 Å². The van der Waals surface area contributed by atoms with Crippen molar-refractivity contribution in [1.29, 1.82) is 0 Å². The minimum atomic E-state index is -0.0704. The van der Waals surface area contributed by atoms with Crippen LogP contribution in [0.15, 0.2) is 29.4 Å². The molecule has 1 amide bonds. The molecule has 0 aliphatic heterocycles. The molecule has 7 heteroatoms. The van der Waals surface area contributed by atoms with Crippen molar-refractivity contribution in [2.75, 3.05) is 5.75 Å². The predicted octanol–water partition coefficient (Wildman–Crippen LogP) is 3.66. The molecule has 6 nitrogen and oxygen atoms in total. The maximum Gasteiger partial charge on any atom is 0.217 e. The molecule has 2 aliphatic carbocycles. The van der Waals surface area contributed by atoms with E-state index in [1.165, 1.54) is 44.4 Å². The topological polar surface area (TPSA) is 76.9 Å². The zero-order chi connectivity index (χ0) is 19.0. The number of thioether (sulfide) groups is 1. The predicted molar refractivity (Wildman–Crippen MR) is 104 cm³/mol. The Morgan fingerprint density at radius 2 is 1.89 bits per heavy atom. The highest BCUT2D eigenvalue weighted by Gasteiger charge is 2.36. The molecule has 27 heavy (non-hydrogen) atoms. The molecule has 2 fully saturated rings. The normalized spacial score (nSPS) is 17.6. The van der Waals surface area contributed by atoms with Gasteiger partial charge in [0.15, 0.2) is 10.9 Å². The van der Waals surface area contributed by atoms with Crippen molar-refractivity contribution in [3.05, 3.63) is 41.2 Å². The van der Waals surface area contributed by atoms with E-state index >= 15 is 0 Å². The maximum absolute atomic E-state index is 12.6. The van der Waals surface area contributed by atoms with Gasteiger partial charge in [0.2, 0.25) is 5.91 Å². The van der Waals surface area contributed by atoms with E-state index in [0.29, 0.717) is 23.3 Å². The van der Waals surface area contributed by atoms with E-state index < -0.39 is 0 Å². The molecule has 142 valence electrons. The van der Waals surface area contributed by atoms with Gasteiger partial charge in [-0.1, -0.05) is 36.0 Å². The van der Waals surface area contributed by atoms with E-state index in [0.717, 1.165) is 16.5 Å². The van der Waals surface area contributed by atoms with Crippen molar-refractivity contribution < 1.29 is 9.59 Å². The molecule has 0 saturated heterocycles. The number of nitrogens with one attached hydrogen (secondary N) is 1. The molecular weight excluding hydrogens is 360 g/mol. The van der Waals surface area contributed by atoms with Crippen molar-refractivity contribution in [3.8, 4) is 0 Å². The average molecular weight is 385 g/mol. The minimum Gasteiger partial charge on any atom is -0.350 e. The van der Waals surface area contributed by atoms with Crippen molar-refractivity contribution >= 4 is 23.5 Å². The summed E-state index contributed by atoms with van der Waals surface area (Å²) in [5.41, 5.74) is 1.66. The monoisotopic (exact) mass is 384 g/mol. The van der Waals surface area contributed by atoms with Gasteiger partial charge in [0.1, 0.15) is 5.82 Å². The number of rotatable bonds is 8. The SMILES string of the molecule is CC(=O)N[C@@H](C)c1ccc(C(=O)CSc2nnc(C3CC3)n2C2CC2)cc1. The molecule has 2 aromatic rings. The van der Waals surface area contributed by atoms with E-state index in [9.17, 15) is 9.59 Å². The lowest BCUT2D eigenvalue weighted by Gasteiger charge is -2.13. The first-order valence-electron chi connectivity index (χ1n) is 9.50. The Morgan fingerprint density at radius 1 is 1.19 bits per heavy atom. The summed E-state index contributed by atoms with van der Waals surface area (Å²) < 4.78 is 2.27. The highest BCUT2D eigenvalue weighted by molar-refractivity contribution is 7.99. The molecule has 0 bridgehead atoms. The van der Waals surface area contributed by atoms with Crippen LogP contribution in [-0.4, -0.2) is 32.2 Å². The first-order chi connectivity index (χ1) is 13.0. The second kappa shape index (κ2) is 7.46. The van der Waals surface area contributed by atoms with E-state index in [-0.39, 0.29) is 17.7 Å². The molecule has 0 radical (unpaired) electrons. The Hall–Kier alpha value is -2.15. The van der Waals surface area contributed by atoms with Gasteiger partial charge in [-0.15, -0.1) is 10.2 Å². The molecular formula is C20H24N4O2S. The smallest absolute Gasteiger partial charge is 0.217 e. The fourth-order valence-electron chi connectivity index (χ4n) is 3.24. The molecule has 2 saturated carbocycles. The molecule has 1 N–H and O–H groups in total. The summed E-state index contributed by atoms with van der Waals surface area (Å²) >= 11 is 1.49. The number of carbonyl (C=O) groups is 2. The van der Waals surface area contributed by atoms with E-state index in [1.54, 1.807) is 0 Å². The van der Waals surface area contributed by atoms with Crippen LogP contribution in [0.2, 0.25) is 0 Å². The molecule has 1 aromatic heterocycles. The van der Waals surface area contributed by atoms with Crippen LogP contribution in [0.4, 0.5) is 0 Å². The van der Waals surface area contributed by atoms with Gasteiger partial charge < -0.3 is 9.88 Å². The third kappa shape index (κ3) is 4.24. The van der Waals surface area contributed by atoms with Crippen molar-refractivity contribution in [1.82, 2.24) is 20.1 Å². The number of carbonyl (C=O) groups excluding carboxylic acids is 2. The Bertz CT molecular complexity index is 853. The van der Waals surface area contributed by atoms with Gasteiger partial charge >= 0.3 is 0 Å².